The molecule has 0 bridgehead atoms. The van der Waals surface area contributed by atoms with Crippen molar-refractivity contribution in [3.8, 4) is 11.3 Å². The number of aromatic nitrogens is 4. The van der Waals surface area contributed by atoms with Gasteiger partial charge in [-0.15, -0.1) is 5.10 Å². The van der Waals surface area contributed by atoms with Crippen molar-refractivity contribution < 1.29 is 4.39 Å². The third-order valence-corrected chi connectivity index (χ3v) is 5.10. The summed E-state index contributed by atoms with van der Waals surface area (Å²) < 4.78 is 16.5. The molecule has 3 N–H and O–H groups in total. The van der Waals surface area contributed by atoms with Gasteiger partial charge in [-0.1, -0.05) is 41.6 Å². The first kappa shape index (κ1) is 19.6. The van der Waals surface area contributed by atoms with Gasteiger partial charge in [0.25, 0.3) is 0 Å². The predicted octanol–water partition coefficient (Wildman–Crippen LogP) is 4.59. The van der Waals surface area contributed by atoms with Gasteiger partial charge >= 0.3 is 0 Å². The van der Waals surface area contributed by atoms with Crippen molar-refractivity contribution >= 4 is 11.4 Å². The SMILES string of the molecule is CCn1nnc(-c2ccc(N)c(NC(c3ccccc3)c3ncccc3F)c2)c1C. The van der Waals surface area contributed by atoms with Crippen LogP contribution < -0.4 is 11.1 Å². The normalized spacial score (nSPS) is 12.0. The van der Waals surface area contributed by atoms with Crippen molar-refractivity contribution in [1.29, 1.82) is 0 Å². The molecule has 0 saturated carbocycles. The molecule has 30 heavy (non-hydrogen) atoms. The summed E-state index contributed by atoms with van der Waals surface area (Å²) in [6, 6.07) is 17.8. The lowest BCUT2D eigenvalue weighted by Gasteiger charge is -2.22. The first-order chi connectivity index (χ1) is 14.6. The van der Waals surface area contributed by atoms with Crippen LogP contribution in [-0.4, -0.2) is 20.0 Å². The van der Waals surface area contributed by atoms with Gasteiger partial charge in [-0.2, -0.15) is 0 Å². The van der Waals surface area contributed by atoms with Gasteiger partial charge in [0.2, 0.25) is 0 Å². The maximum absolute atomic E-state index is 14.6. The fourth-order valence-electron chi connectivity index (χ4n) is 3.48. The van der Waals surface area contributed by atoms with Crippen LogP contribution in [0.1, 0.15) is 29.9 Å². The summed E-state index contributed by atoms with van der Waals surface area (Å²) in [5, 5.41) is 11.9. The Labute approximate surface area is 174 Å². The van der Waals surface area contributed by atoms with Crippen LogP contribution in [0.15, 0.2) is 66.9 Å². The Hall–Kier alpha value is -3.74. The van der Waals surface area contributed by atoms with Gasteiger partial charge in [0.05, 0.1) is 23.1 Å². The van der Waals surface area contributed by atoms with E-state index in [4.69, 9.17) is 5.73 Å². The van der Waals surface area contributed by atoms with E-state index < -0.39 is 6.04 Å². The molecule has 6 nitrogen and oxygen atoms in total. The molecule has 4 aromatic rings. The molecule has 0 radical (unpaired) electrons. The summed E-state index contributed by atoms with van der Waals surface area (Å²) in [5.41, 5.74) is 11.3. The predicted molar refractivity (Wildman–Crippen MR) is 116 cm³/mol. The molecule has 0 aliphatic heterocycles. The molecular formula is C23H23FN6. The van der Waals surface area contributed by atoms with Gasteiger partial charge in [0.1, 0.15) is 17.2 Å². The molecule has 0 saturated heterocycles. The zero-order valence-electron chi connectivity index (χ0n) is 16.9. The number of nitrogens with zero attached hydrogens (tertiary/aromatic N) is 4. The van der Waals surface area contributed by atoms with Crippen molar-refractivity contribution in [3.05, 3.63) is 89.6 Å². The number of nitrogen functional groups attached to an aromatic ring is 1. The molecule has 0 aliphatic rings. The van der Waals surface area contributed by atoms with Crippen LogP contribution >= 0.6 is 0 Å². The monoisotopic (exact) mass is 402 g/mol. The number of halogens is 1. The minimum Gasteiger partial charge on any atom is -0.397 e. The molecule has 4 rings (SSSR count). The Morgan fingerprint density at radius 1 is 1.10 bits per heavy atom. The fraction of sp³-hybridized carbons (Fsp3) is 0.174. The van der Waals surface area contributed by atoms with E-state index in [0.717, 1.165) is 29.1 Å². The van der Waals surface area contributed by atoms with Gasteiger partial charge in [0, 0.05) is 18.3 Å². The van der Waals surface area contributed by atoms with Crippen LogP contribution in [0, 0.1) is 12.7 Å². The van der Waals surface area contributed by atoms with Crippen molar-refractivity contribution in [1.82, 2.24) is 20.0 Å². The summed E-state index contributed by atoms with van der Waals surface area (Å²) >= 11 is 0. The zero-order valence-corrected chi connectivity index (χ0v) is 16.9. The molecule has 2 aromatic heterocycles. The maximum Gasteiger partial charge on any atom is 0.147 e. The molecule has 2 heterocycles. The summed E-state index contributed by atoms with van der Waals surface area (Å²) in [6.45, 7) is 4.75. The van der Waals surface area contributed by atoms with E-state index in [2.05, 4.69) is 20.6 Å². The molecular weight excluding hydrogens is 379 g/mol. The summed E-state index contributed by atoms with van der Waals surface area (Å²) in [5.74, 6) is -0.379. The molecule has 152 valence electrons. The van der Waals surface area contributed by atoms with E-state index in [1.807, 2.05) is 67.1 Å². The molecule has 7 heteroatoms. The number of aryl methyl sites for hydroxylation is 1. The van der Waals surface area contributed by atoms with Crippen molar-refractivity contribution in [3.63, 3.8) is 0 Å². The average molecular weight is 402 g/mol. The Kier molecular flexibility index (Phi) is 5.43. The Balaban J connectivity index is 1.76. The van der Waals surface area contributed by atoms with Gasteiger partial charge in [-0.3, -0.25) is 4.98 Å². The van der Waals surface area contributed by atoms with E-state index in [1.165, 1.54) is 6.07 Å². The molecule has 2 aromatic carbocycles. The van der Waals surface area contributed by atoms with Gasteiger partial charge < -0.3 is 11.1 Å². The van der Waals surface area contributed by atoms with Gasteiger partial charge in [-0.25, -0.2) is 9.07 Å². The highest BCUT2D eigenvalue weighted by atomic mass is 19.1. The van der Waals surface area contributed by atoms with E-state index in [0.29, 0.717) is 17.1 Å². The minimum atomic E-state index is -0.502. The van der Waals surface area contributed by atoms with E-state index in [-0.39, 0.29) is 5.82 Å². The van der Waals surface area contributed by atoms with Crippen LogP contribution in [0.3, 0.4) is 0 Å². The minimum absolute atomic E-state index is 0.307. The van der Waals surface area contributed by atoms with Crippen LogP contribution in [0.25, 0.3) is 11.3 Å². The standard InChI is InChI=1S/C23H23FN6/c1-3-30-15(2)21(28-29-30)17-11-12-19(25)20(14-17)27-22(16-8-5-4-6-9-16)23-18(24)10-7-13-26-23/h4-14,22,27H,3,25H2,1-2H3. The zero-order chi connectivity index (χ0) is 21.1. The van der Waals surface area contributed by atoms with E-state index in [1.54, 1.807) is 12.3 Å². The number of rotatable bonds is 6. The average Bonchev–Trinajstić information content (AvgIpc) is 3.15. The van der Waals surface area contributed by atoms with Crippen molar-refractivity contribution in [2.45, 2.75) is 26.4 Å². The highest BCUT2D eigenvalue weighted by Crippen LogP contribution is 2.33. The first-order valence-electron chi connectivity index (χ1n) is 9.80. The molecule has 1 atom stereocenters. The summed E-state index contributed by atoms with van der Waals surface area (Å²) in [7, 11) is 0. The molecule has 0 amide bonds. The first-order valence-corrected chi connectivity index (χ1v) is 9.80. The summed E-state index contributed by atoms with van der Waals surface area (Å²) in [4.78, 5) is 4.29. The number of benzene rings is 2. The second-order valence-electron chi connectivity index (χ2n) is 7.00. The number of pyridine rings is 1. The lowest BCUT2D eigenvalue weighted by molar-refractivity contribution is 0.592. The lowest BCUT2D eigenvalue weighted by Crippen LogP contribution is -2.16. The Bertz CT molecular complexity index is 1160. The van der Waals surface area contributed by atoms with Crippen LogP contribution in [0.5, 0.6) is 0 Å². The molecule has 0 fully saturated rings. The van der Waals surface area contributed by atoms with Gasteiger partial charge in [0.15, 0.2) is 0 Å². The Morgan fingerprint density at radius 2 is 1.90 bits per heavy atom. The summed E-state index contributed by atoms with van der Waals surface area (Å²) in [6.07, 6.45) is 1.59. The number of hydrogen-bond donors (Lipinski definition) is 2. The highest BCUT2D eigenvalue weighted by molar-refractivity contribution is 5.76. The smallest absolute Gasteiger partial charge is 0.147 e. The Morgan fingerprint density at radius 3 is 2.60 bits per heavy atom. The van der Waals surface area contributed by atoms with Gasteiger partial charge in [-0.05, 0) is 43.7 Å². The lowest BCUT2D eigenvalue weighted by atomic mass is 10.0. The fourth-order valence-corrected chi connectivity index (χ4v) is 3.48. The van der Waals surface area contributed by atoms with E-state index in [9.17, 15) is 4.39 Å². The largest absolute Gasteiger partial charge is 0.397 e. The number of nitrogens with two attached hydrogens (primary N) is 1. The molecule has 0 spiro atoms. The molecule has 1 unspecified atom stereocenters. The number of hydrogen-bond acceptors (Lipinski definition) is 5. The highest BCUT2D eigenvalue weighted by Gasteiger charge is 2.21. The van der Waals surface area contributed by atoms with Crippen molar-refractivity contribution in [2.24, 2.45) is 0 Å². The maximum atomic E-state index is 14.6. The quantitative estimate of drug-likeness (QED) is 0.461. The number of nitrogens with one attached hydrogen (secondary N) is 1. The van der Waals surface area contributed by atoms with E-state index >= 15 is 0 Å². The second-order valence-corrected chi connectivity index (χ2v) is 7.00. The van der Waals surface area contributed by atoms with Crippen molar-refractivity contribution in [2.75, 3.05) is 11.1 Å². The van der Waals surface area contributed by atoms with Crippen LogP contribution in [0.4, 0.5) is 15.8 Å². The third-order valence-electron chi connectivity index (χ3n) is 5.10. The molecule has 0 aliphatic carbocycles. The number of anilines is 2. The third kappa shape index (κ3) is 3.74. The van der Waals surface area contributed by atoms with Crippen LogP contribution in [-0.2, 0) is 6.54 Å². The van der Waals surface area contributed by atoms with Crippen LogP contribution in [0.2, 0.25) is 0 Å². The topological polar surface area (TPSA) is 81.7 Å². The second kappa shape index (κ2) is 8.32.